The Kier molecular flexibility index (Phi) is 8.75. The van der Waals surface area contributed by atoms with Crippen LogP contribution in [0.15, 0.2) is 22.3 Å². The molecule has 0 nitrogen and oxygen atoms in total. The SMILES string of the molecule is C/C=C/CCCCC/C=[CH]/[Sn]([CH3])([CH3])[CH3]. The van der Waals surface area contributed by atoms with E-state index in [1.165, 1.54) is 32.1 Å². The Morgan fingerprint density at radius 1 is 0.857 bits per heavy atom. The zero-order chi connectivity index (χ0) is 10.9. The minimum absolute atomic E-state index is 1.26. The Labute approximate surface area is 94.4 Å². The van der Waals surface area contributed by atoms with Gasteiger partial charge in [0.15, 0.2) is 0 Å². The van der Waals surface area contributed by atoms with Gasteiger partial charge in [-0.1, -0.05) is 0 Å². The molecule has 0 rings (SSSR count). The first kappa shape index (κ1) is 14.3. The zero-order valence-electron chi connectivity index (χ0n) is 10.3. The third kappa shape index (κ3) is 12.3. The predicted molar refractivity (Wildman–Crippen MR) is 70.4 cm³/mol. The normalized spacial score (nSPS) is 13.1. The maximum atomic E-state index is 2.53. The molecule has 0 bridgehead atoms. The molecule has 0 amide bonds. The summed E-state index contributed by atoms with van der Waals surface area (Å²) in [6.45, 7) is 2.10. The summed E-state index contributed by atoms with van der Waals surface area (Å²) >= 11 is -1.59. The third-order valence-corrected chi connectivity index (χ3v) is 5.62. The number of hydrogen-bond acceptors (Lipinski definition) is 0. The minimum atomic E-state index is -1.59. The molecule has 0 aromatic carbocycles. The van der Waals surface area contributed by atoms with E-state index < -0.39 is 18.4 Å². The standard InChI is InChI=1S/C10H17.3CH3.Sn/c1-3-5-7-9-10-8-6-4-2;;;;/h1,3-4,6H,5,7-10H2,2H3;3*1H3;/b3-1?,6-4+;;;;. The molecular weight excluding hydrogens is 275 g/mol. The molecule has 0 saturated carbocycles. The van der Waals surface area contributed by atoms with Gasteiger partial charge < -0.3 is 0 Å². The van der Waals surface area contributed by atoms with Gasteiger partial charge in [-0.2, -0.15) is 0 Å². The Bertz CT molecular complexity index is 172. The molecule has 0 aliphatic rings. The van der Waals surface area contributed by atoms with Crippen molar-refractivity contribution in [3.63, 3.8) is 0 Å². The molecular formula is C13H26Sn. The molecule has 0 unspecified atom stereocenters. The monoisotopic (exact) mass is 302 g/mol. The van der Waals surface area contributed by atoms with Crippen molar-refractivity contribution < 1.29 is 0 Å². The van der Waals surface area contributed by atoms with Gasteiger partial charge in [-0.05, 0) is 0 Å². The number of allylic oxidation sites excluding steroid dienone is 3. The van der Waals surface area contributed by atoms with Gasteiger partial charge in [-0.25, -0.2) is 0 Å². The van der Waals surface area contributed by atoms with Crippen molar-refractivity contribution in [1.82, 2.24) is 0 Å². The first-order valence-corrected chi connectivity index (χ1v) is 16.1. The summed E-state index contributed by atoms with van der Waals surface area (Å²) in [5.41, 5.74) is 0. The van der Waals surface area contributed by atoms with Crippen molar-refractivity contribution in [3.8, 4) is 0 Å². The Hall–Kier alpha value is 0.279. The van der Waals surface area contributed by atoms with Crippen molar-refractivity contribution in [2.75, 3.05) is 0 Å². The molecule has 0 atom stereocenters. The van der Waals surface area contributed by atoms with E-state index in [-0.39, 0.29) is 0 Å². The summed E-state index contributed by atoms with van der Waals surface area (Å²) in [6, 6.07) is 0. The Balaban J connectivity index is 3.26. The molecule has 0 spiro atoms. The van der Waals surface area contributed by atoms with Crippen molar-refractivity contribution in [2.45, 2.75) is 53.8 Å². The molecule has 0 aromatic heterocycles. The van der Waals surface area contributed by atoms with Gasteiger partial charge in [0.25, 0.3) is 0 Å². The second kappa shape index (κ2) is 8.58. The van der Waals surface area contributed by atoms with Crippen molar-refractivity contribution in [3.05, 3.63) is 22.3 Å². The van der Waals surface area contributed by atoms with Crippen LogP contribution in [0.2, 0.25) is 14.8 Å². The van der Waals surface area contributed by atoms with Crippen molar-refractivity contribution in [1.29, 1.82) is 0 Å². The quantitative estimate of drug-likeness (QED) is 0.355. The number of rotatable bonds is 7. The van der Waals surface area contributed by atoms with Gasteiger partial charge in [0.1, 0.15) is 0 Å². The average Bonchev–Trinajstić information content (AvgIpc) is 2.08. The van der Waals surface area contributed by atoms with Crippen LogP contribution in [0.3, 0.4) is 0 Å². The van der Waals surface area contributed by atoms with Crippen LogP contribution < -0.4 is 0 Å². The van der Waals surface area contributed by atoms with E-state index in [4.69, 9.17) is 0 Å². The molecule has 14 heavy (non-hydrogen) atoms. The van der Waals surface area contributed by atoms with Gasteiger partial charge >= 0.3 is 94.5 Å². The molecule has 0 aliphatic carbocycles. The van der Waals surface area contributed by atoms with E-state index in [1.54, 1.807) is 0 Å². The van der Waals surface area contributed by atoms with Gasteiger partial charge in [0.05, 0.1) is 0 Å². The van der Waals surface area contributed by atoms with Crippen LogP contribution in [0, 0.1) is 0 Å². The Morgan fingerprint density at radius 3 is 1.93 bits per heavy atom. The van der Waals surface area contributed by atoms with E-state index in [0.29, 0.717) is 0 Å². The first-order chi connectivity index (χ1) is 6.56. The summed E-state index contributed by atoms with van der Waals surface area (Å²) in [4.78, 5) is 7.37. The van der Waals surface area contributed by atoms with E-state index in [1.807, 2.05) is 0 Å². The maximum absolute atomic E-state index is 2.53. The fourth-order valence-corrected chi connectivity index (χ4v) is 3.80. The summed E-state index contributed by atoms with van der Waals surface area (Å²) < 4.78 is 2.53. The Morgan fingerprint density at radius 2 is 1.43 bits per heavy atom. The van der Waals surface area contributed by atoms with E-state index in [9.17, 15) is 0 Å². The second-order valence-electron chi connectivity index (χ2n) is 4.98. The summed E-state index contributed by atoms with van der Waals surface area (Å²) in [5.74, 6) is 0. The fourth-order valence-electron chi connectivity index (χ4n) is 1.30. The van der Waals surface area contributed by atoms with Crippen LogP contribution in [-0.4, -0.2) is 18.4 Å². The zero-order valence-corrected chi connectivity index (χ0v) is 13.2. The van der Waals surface area contributed by atoms with Crippen LogP contribution in [-0.2, 0) is 0 Å². The molecule has 82 valence electrons. The summed E-state index contributed by atoms with van der Waals surface area (Å²) in [5, 5.41) is 0. The average molecular weight is 301 g/mol. The van der Waals surface area contributed by atoms with Crippen LogP contribution in [0.4, 0.5) is 0 Å². The van der Waals surface area contributed by atoms with Crippen LogP contribution in [0.5, 0.6) is 0 Å². The fraction of sp³-hybridized carbons (Fsp3) is 0.692. The number of hydrogen-bond donors (Lipinski definition) is 0. The molecule has 0 heterocycles. The van der Waals surface area contributed by atoms with Crippen molar-refractivity contribution >= 4 is 18.4 Å². The summed E-state index contributed by atoms with van der Waals surface area (Å²) in [7, 11) is 0. The van der Waals surface area contributed by atoms with Gasteiger partial charge in [-0.15, -0.1) is 0 Å². The molecule has 0 saturated heterocycles. The van der Waals surface area contributed by atoms with Gasteiger partial charge in [-0.3, -0.25) is 0 Å². The molecule has 0 aromatic rings. The topological polar surface area (TPSA) is 0 Å². The first-order valence-electron chi connectivity index (χ1n) is 5.85. The van der Waals surface area contributed by atoms with Gasteiger partial charge in [0, 0.05) is 0 Å². The van der Waals surface area contributed by atoms with Crippen LogP contribution >= 0.6 is 0 Å². The second-order valence-corrected chi connectivity index (χ2v) is 19.4. The molecule has 0 aliphatic heterocycles. The van der Waals surface area contributed by atoms with E-state index in [0.717, 1.165) is 0 Å². The molecule has 0 radical (unpaired) electrons. The van der Waals surface area contributed by atoms with Crippen molar-refractivity contribution in [2.24, 2.45) is 0 Å². The van der Waals surface area contributed by atoms with E-state index in [2.05, 4.69) is 44.1 Å². The molecule has 0 N–H and O–H groups in total. The van der Waals surface area contributed by atoms with Gasteiger partial charge in [0.2, 0.25) is 0 Å². The number of unbranched alkanes of at least 4 members (excludes halogenated alkanes) is 4. The van der Waals surface area contributed by atoms with Crippen LogP contribution in [0.25, 0.3) is 0 Å². The van der Waals surface area contributed by atoms with E-state index >= 15 is 0 Å². The predicted octanol–water partition coefficient (Wildman–Crippen LogP) is 4.95. The van der Waals surface area contributed by atoms with Crippen LogP contribution in [0.1, 0.15) is 39.0 Å². The third-order valence-electron chi connectivity index (χ3n) is 2.10. The molecule has 0 fully saturated rings. The summed E-state index contributed by atoms with van der Waals surface area (Å²) in [6.07, 6.45) is 13.5. The molecule has 1 heteroatoms.